The Labute approximate surface area is 174 Å². The third kappa shape index (κ3) is 3.99. The fourth-order valence-corrected chi connectivity index (χ4v) is 5.81. The number of rotatable bonds is 3. The minimum Gasteiger partial charge on any atom is -0.348 e. The summed E-state index contributed by atoms with van der Waals surface area (Å²) in [5.74, 6) is -0.566. The molecule has 2 aromatic carbocycles. The molecule has 1 saturated carbocycles. The Morgan fingerprint density at radius 1 is 0.857 bits per heavy atom. The summed E-state index contributed by atoms with van der Waals surface area (Å²) in [5.41, 5.74) is 0.454. The predicted molar refractivity (Wildman–Crippen MR) is 106 cm³/mol. The lowest BCUT2D eigenvalue weighted by Crippen LogP contribution is -2.40. The minimum atomic E-state index is -4.38. The summed E-state index contributed by atoms with van der Waals surface area (Å²) in [5, 5.41) is 0. The van der Waals surface area contributed by atoms with Gasteiger partial charge < -0.3 is 9.47 Å². The third-order valence-electron chi connectivity index (χ3n) is 5.50. The molecule has 1 heterocycles. The molecule has 1 aliphatic heterocycles. The van der Waals surface area contributed by atoms with Crippen molar-refractivity contribution < 1.29 is 22.6 Å². The first-order valence-electron chi connectivity index (χ1n) is 9.21. The van der Waals surface area contributed by atoms with E-state index in [1.54, 1.807) is 12.1 Å². The quantitative estimate of drug-likeness (QED) is 0.490. The van der Waals surface area contributed by atoms with Gasteiger partial charge in [-0.2, -0.15) is 13.2 Å². The van der Waals surface area contributed by atoms with Gasteiger partial charge in [-0.3, -0.25) is 0 Å². The first kappa shape index (κ1) is 20.3. The van der Waals surface area contributed by atoms with E-state index >= 15 is 0 Å². The first-order valence-corrected chi connectivity index (χ1v) is 10.8. The van der Waals surface area contributed by atoms with Crippen LogP contribution in [0, 0.1) is 0 Å². The van der Waals surface area contributed by atoms with Crippen molar-refractivity contribution in [2.75, 3.05) is 13.2 Å². The molecular weight excluding hydrogens is 453 g/mol. The van der Waals surface area contributed by atoms with Crippen molar-refractivity contribution in [2.45, 2.75) is 47.3 Å². The smallest absolute Gasteiger partial charge is 0.348 e. The van der Waals surface area contributed by atoms with Crippen LogP contribution in [0.15, 0.2) is 57.9 Å². The van der Waals surface area contributed by atoms with E-state index in [0.717, 1.165) is 16.1 Å². The Bertz CT molecular complexity index is 822. The summed E-state index contributed by atoms with van der Waals surface area (Å²) in [7, 11) is 0. The van der Waals surface area contributed by atoms with Gasteiger partial charge in [0, 0.05) is 27.0 Å². The molecule has 2 aliphatic rings. The van der Waals surface area contributed by atoms with Gasteiger partial charge in [0.2, 0.25) is 0 Å². The van der Waals surface area contributed by atoms with Crippen molar-refractivity contribution in [3.63, 3.8) is 0 Å². The lowest BCUT2D eigenvalue weighted by Gasteiger charge is -2.44. The van der Waals surface area contributed by atoms with Gasteiger partial charge in [-0.15, -0.1) is 11.8 Å². The highest BCUT2D eigenvalue weighted by Gasteiger charge is 2.48. The topological polar surface area (TPSA) is 18.5 Å². The predicted octanol–water partition coefficient (Wildman–Crippen LogP) is 6.77. The SMILES string of the molecule is FC(F)(F)c1ccccc1SC1(c2ccc(Br)cc2)CCC2(CC1)OCCO2. The van der Waals surface area contributed by atoms with Gasteiger partial charge in [0.25, 0.3) is 0 Å². The number of alkyl halides is 3. The van der Waals surface area contributed by atoms with Crippen molar-refractivity contribution in [3.8, 4) is 0 Å². The molecule has 0 radical (unpaired) electrons. The first-order chi connectivity index (χ1) is 13.3. The van der Waals surface area contributed by atoms with Crippen LogP contribution in [-0.2, 0) is 20.4 Å². The van der Waals surface area contributed by atoms with Crippen LogP contribution in [0.1, 0.15) is 36.8 Å². The molecule has 1 saturated heterocycles. The van der Waals surface area contributed by atoms with Crippen LogP contribution in [-0.4, -0.2) is 19.0 Å². The molecular formula is C21H20BrF3O2S. The molecule has 28 heavy (non-hydrogen) atoms. The van der Waals surface area contributed by atoms with Crippen LogP contribution in [0.25, 0.3) is 0 Å². The molecule has 0 N–H and O–H groups in total. The molecule has 0 amide bonds. The fraction of sp³-hybridized carbons (Fsp3) is 0.429. The Morgan fingerprint density at radius 2 is 1.46 bits per heavy atom. The molecule has 0 atom stereocenters. The molecule has 0 unspecified atom stereocenters. The number of ether oxygens (including phenoxy) is 2. The largest absolute Gasteiger partial charge is 0.417 e. The van der Waals surface area contributed by atoms with E-state index in [4.69, 9.17) is 9.47 Å². The Morgan fingerprint density at radius 3 is 2.07 bits per heavy atom. The lowest BCUT2D eigenvalue weighted by atomic mass is 9.80. The molecule has 2 nitrogen and oxygen atoms in total. The Kier molecular flexibility index (Phi) is 5.55. The van der Waals surface area contributed by atoms with Crippen LogP contribution in [0.5, 0.6) is 0 Å². The van der Waals surface area contributed by atoms with E-state index in [9.17, 15) is 13.2 Å². The van der Waals surface area contributed by atoms with Crippen molar-refractivity contribution in [1.82, 2.24) is 0 Å². The standard InChI is InChI=1S/C21H20BrF3O2S/c22-16-7-5-15(6-8-16)19(9-11-20(12-10-19)26-13-14-27-20)28-18-4-2-1-3-17(18)21(23,24)25/h1-8H,9-14H2. The van der Waals surface area contributed by atoms with Gasteiger partial charge in [-0.25, -0.2) is 0 Å². The van der Waals surface area contributed by atoms with Crippen molar-refractivity contribution in [2.24, 2.45) is 0 Å². The summed E-state index contributed by atoms with van der Waals surface area (Å²) in [6.45, 7) is 1.16. The van der Waals surface area contributed by atoms with E-state index in [0.29, 0.717) is 38.9 Å². The van der Waals surface area contributed by atoms with E-state index in [1.807, 2.05) is 24.3 Å². The van der Waals surface area contributed by atoms with Crippen LogP contribution in [0.4, 0.5) is 13.2 Å². The monoisotopic (exact) mass is 472 g/mol. The molecule has 0 aromatic heterocycles. The maximum Gasteiger partial charge on any atom is 0.417 e. The highest BCUT2D eigenvalue weighted by molar-refractivity contribution is 9.10. The molecule has 4 rings (SSSR count). The van der Waals surface area contributed by atoms with Gasteiger partial charge in [-0.05, 0) is 42.7 Å². The van der Waals surface area contributed by atoms with E-state index in [-0.39, 0.29) is 4.90 Å². The Hall–Kier alpha value is -1.02. The number of benzene rings is 2. The maximum absolute atomic E-state index is 13.6. The average Bonchev–Trinajstić information content (AvgIpc) is 3.13. The number of hydrogen-bond donors (Lipinski definition) is 0. The lowest BCUT2D eigenvalue weighted by molar-refractivity contribution is -0.180. The maximum atomic E-state index is 13.6. The highest BCUT2D eigenvalue weighted by Crippen LogP contribution is 2.56. The van der Waals surface area contributed by atoms with E-state index in [2.05, 4.69) is 15.9 Å². The Balaban J connectivity index is 1.70. The van der Waals surface area contributed by atoms with Gasteiger partial charge in [-0.1, -0.05) is 40.2 Å². The summed E-state index contributed by atoms with van der Waals surface area (Å²) < 4.78 is 52.9. The normalized spacial score (nSPS) is 21.1. The zero-order chi connectivity index (χ0) is 19.8. The van der Waals surface area contributed by atoms with Crippen LogP contribution < -0.4 is 0 Å². The third-order valence-corrected chi connectivity index (χ3v) is 7.64. The zero-order valence-corrected chi connectivity index (χ0v) is 17.5. The molecule has 150 valence electrons. The van der Waals surface area contributed by atoms with Crippen LogP contribution in [0.2, 0.25) is 0 Å². The highest BCUT2D eigenvalue weighted by atomic mass is 79.9. The second kappa shape index (κ2) is 7.67. The fourth-order valence-electron chi connectivity index (χ4n) is 4.02. The second-order valence-corrected chi connectivity index (χ2v) is 9.55. The van der Waals surface area contributed by atoms with E-state index in [1.165, 1.54) is 17.8 Å². The van der Waals surface area contributed by atoms with Gasteiger partial charge in [0.05, 0.1) is 18.8 Å². The number of thioether (sulfide) groups is 1. The summed E-state index contributed by atoms with van der Waals surface area (Å²) in [6, 6.07) is 13.7. The van der Waals surface area contributed by atoms with Crippen LogP contribution in [0.3, 0.4) is 0 Å². The zero-order valence-electron chi connectivity index (χ0n) is 15.1. The van der Waals surface area contributed by atoms with Gasteiger partial charge in [0.15, 0.2) is 5.79 Å². The van der Waals surface area contributed by atoms with Gasteiger partial charge >= 0.3 is 6.18 Å². The minimum absolute atomic E-state index is 0.266. The molecule has 7 heteroatoms. The second-order valence-electron chi connectivity index (χ2n) is 7.20. The average molecular weight is 473 g/mol. The van der Waals surface area contributed by atoms with Crippen molar-refractivity contribution in [3.05, 3.63) is 64.1 Å². The van der Waals surface area contributed by atoms with Crippen molar-refractivity contribution in [1.29, 1.82) is 0 Å². The number of halogens is 4. The van der Waals surface area contributed by atoms with Gasteiger partial charge in [0.1, 0.15) is 0 Å². The summed E-state index contributed by atoms with van der Waals surface area (Å²) >= 11 is 4.76. The van der Waals surface area contributed by atoms with Crippen LogP contribution >= 0.6 is 27.7 Å². The molecule has 2 fully saturated rings. The molecule has 0 bridgehead atoms. The van der Waals surface area contributed by atoms with Crippen molar-refractivity contribution >= 4 is 27.7 Å². The molecule has 1 spiro atoms. The summed E-state index contributed by atoms with van der Waals surface area (Å²) in [6.07, 6.45) is -1.66. The molecule has 1 aliphatic carbocycles. The number of hydrogen-bond acceptors (Lipinski definition) is 3. The summed E-state index contributed by atoms with van der Waals surface area (Å²) in [4.78, 5) is 0.266. The molecule has 2 aromatic rings. The van der Waals surface area contributed by atoms with E-state index < -0.39 is 22.3 Å².